The number of hydrogen-bond acceptors (Lipinski definition) is 3. The zero-order chi connectivity index (χ0) is 15.7. The standard InChI is InChI=1S/C17H18N2O3/c1-11-15(8-9-22-11)17(21)19(14-6-7-14)10-12-2-4-13(5-3-12)16(18)20/h2-5,8-9,14H,6-7,10H2,1H3,(H2,18,20). The van der Waals surface area contributed by atoms with Gasteiger partial charge in [0.05, 0.1) is 11.8 Å². The molecule has 0 saturated heterocycles. The molecule has 2 aromatic rings. The van der Waals surface area contributed by atoms with Gasteiger partial charge in [-0.25, -0.2) is 0 Å². The first-order valence-electron chi connectivity index (χ1n) is 7.30. The molecule has 1 aromatic carbocycles. The van der Waals surface area contributed by atoms with Crippen molar-refractivity contribution in [1.82, 2.24) is 4.90 Å². The highest BCUT2D eigenvalue weighted by Gasteiger charge is 2.34. The number of carbonyl (C=O) groups excluding carboxylic acids is 2. The molecule has 2 N–H and O–H groups in total. The molecule has 1 fully saturated rings. The van der Waals surface area contributed by atoms with Crippen LogP contribution in [0.5, 0.6) is 0 Å². The van der Waals surface area contributed by atoms with Crippen LogP contribution in [0.25, 0.3) is 0 Å². The lowest BCUT2D eigenvalue weighted by molar-refractivity contribution is 0.0727. The normalized spacial score (nSPS) is 13.9. The fourth-order valence-electron chi connectivity index (χ4n) is 2.49. The summed E-state index contributed by atoms with van der Waals surface area (Å²) in [5.74, 6) is 0.183. The second-order valence-electron chi connectivity index (χ2n) is 5.62. The Morgan fingerprint density at radius 1 is 1.23 bits per heavy atom. The third-order valence-electron chi connectivity index (χ3n) is 3.93. The Hall–Kier alpha value is -2.56. The van der Waals surface area contributed by atoms with Crippen LogP contribution in [0.1, 0.15) is 44.9 Å². The van der Waals surface area contributed by atoms with Gasteiger partial charge in [-0.05, 0) is 43.5 Å². The SMILES string of the molecule is Cc1occc1C(=O)N(Cc1ccc(C(N)=O)cc1)C1CC1. The van der Waals surface area contributed by atoms with E-state index in [4.69, 9.17) is 10.2 Å². The summed E-state index contributed by atoms with van der Waals surface area (Å²) in [5, 5.41) is 0. The minimum Gasteiger partial charge on any atom is -0.469 e. The minimum atomic E-state index is -0.448. The predicted octanol–water partition coefficient (Wildman–Crippen LogP) is 2.49. The van der Waals surface area contributed by atoms with E-state index in [2.05, 4.69) is 0 Å². The number of carbonyl (C=O) groups is 2. The van der Waals surface area contributed by atoms with E-state index >= 15 is 0 Å². The highest BCUT2D eigenvalue weighted by atomic mass is 16.3. The van der Waals surface area contributed by atoms with Crippen molar-refractivity contribution in [1.29, 1.82) is 0 Å². The van der Waals surface area contributed by atoms with Crippen LogP contribution < -0.4 is 5.73 Å². The molecule has 0 atom stereocenters. The van der Waals surface area contributed by atoms with Crippen LogP contribution >= 0.6 is 0 Å². The monoisotopic (exact) mass is 298 g/mol. The number of primary amides is 1. The van der Waals surface area contributed by atoms with Gasteiger partial charge in [0.15, 0.2) is 0 Å². The average molecular weight is 298 g/mol. The smallest absolute Gasteiger partial charge is 0.257 e. The lowest BCUT2D eigenvalue weighted by Gasteiger charge is -2.22. The lowest BCUT2D eigenvalue weighted by atomic mass is 10.1. The Balaban J connectivity index is 1.79. The van der Waals surface area contributed by atoms with Crippen molar-refractivity contribution in [2.24, 2.45) is 5.73 Å². The molecule has 5 nitrogen and oxygen atoms in total. The van der Waals surface area contributed by atoms with Crippen molar-refractivity contribution in [3.63, 3.8) is 0 Å². The fourth-order valence-corrected chi connectivity index (χ4v) is 2.49. The molecule has 1 aromatic heterocycles. The molecule has 5 heteroatoms. The lowest BCUT2D eigenvalue weighted by Crippen LogP contribution is -2.32. The largest absolute Gasteiger partial charge is 0.469 e. The number of rotatable bonds is 5. The Morgan fingerprint density at radius 3 is 2.41 bits per heavy atom. The minimum absolute atomic E-state index is 0.00673. The quantitative estimate of drug-likeness (QED) is 0.921. The van der Waals surface area contributed by atoms with Gasteiger partial charge in [-0.2, -0.15) is 0 Å². The maximum Gasteiger partial charge on any atom is 0.257 e. The van der Waals surface area contributed by atoms with Gasteiger partial charge in [0.25, 0.3) is 5.91 Å². The van der Waals surface area contributed by atoms with Crippen molar-refractivity contribution < 1.29 is 14.0 Å². The maximum absolute atomic E-state index is 12.7. The van der Waals surface area contributed by atoms with Crippen LogP contribution in [0.2, 0.25) is 0 Å². The van der Waals surface area contributed by atoms with Crippen LogP contribution in [0, 0.1) is 6.92 Å². The maximum atomic E-state index is 12.7. The Bertz CT molecular complexity index is 699. The third-order valence-corrected chi connectivity index (χ3v) is 3.93. The Morgan fingerprint density at radius 2 is 1.91 bits per heavy atom. The predicted molar refractivity (Wildman–Crippen MR) is 81.3 cm³/mol. The van der Waals surface area contributed by atoms with Crippen LogP contribution in [0.4, 0.5) is 0 Å². The molecule has 0 spiro atoms. The molecule has 1 heterocycles. The highest BCUT2D eigenvalue weighted by molar-refractivity contribution is 5.95. The van der Waals surface area contributed by atoms with Crippen LogP contribution in [-0.2, 0) is 6.54 Å². The van der Waals surface area contributed by atoms with E-state index in [9.17, 15) is 9.59 Å². The number of aryl methyl sites for hydroxylation is 1. The van der Waals surface area contributed by atoms with Crippen molar-refractivity contribution in [2.45, 2.75) is 32.4 Å². The molecule has 22 heavy (non-hydrogen) atoms. The molecule has 1 saturated carbocycles. The number of furan rings is 1. The van der Waals surface area contributed by atoms with E-state index < -0.39 is 5.91 Å². The van der Waals surface area contributed by atoms with Crippen LogP contribution in [0.15, 0.2) is 41.0 Å². The molecular formula is C17H18N2O3. The van der Waals surface area contributed by atoms with E-state index in [1.807, 2.05) is 17.0 Å². The van der Waals surface area contributed by atoms with Gasteiger partial charge in [-0.1, -0.05) is 12.1 Å². The second kappa shape index (κ2) is 5.67. The summed E-state index contributed by atoms with van der Waals surface area (Å²) in [6.07, 6.45) is 3.60. The van der Waals surface area contributed by atoms with Crippen molar-refractivity contribution in [3.8, 4) is 0 Å². The van der Waals surface area contributed by atoms with Gasteiger partial charge < -0.3 is 15.1 Å². The number of benzene rings is 1. The van der Waals surface area contributed by atoms with Gasteiger partial charge in [-0.15, -0.1) is 0 Å². The molecule has 0 unspecified atom stereocenters. The van der Waals surface area contributed by atoms with Crippen molar-refractivity contribution >= 4 is 11.8 Å². The molecule has 0 aliphatic heterocycles. The number of amides is 2. The molecular weight excluding hydrogens is 280 g/mol. The van der Waals surface area contributed by atoms with Crippen molar-refractivity contribution in [2.75, 3.05) is 0 Å². The van der Waals surface area contributed by atoms with E-state index in [0.29, 0.717) is 23.4 Å². The topological polar surface area (TPSA) is 76.5 Å². The first-order valence-corrected chi connectivity index (χ1v) is 7.30. The summed E-state index contributed by atoms with van der Waals surface area (Å²) in [6, 6.07) is 9.06. The number of nitrogens with zero attached hydrogens (tertiary/aromatic N) is 1. The van der Waals surface area contributed by atoms with Crippen LogP contribution in [0.3, 0.4) is 0 Å². The Labute approximate surface area is 128 Å². The summed E-state index contributed by atoms with van der Waals surface area (Å²) >= 11 is 0. The average Bonchev–Trinajstić information content (AvgIpc) is 3.26. The summed E-state index contributed by atoms with van der Waals surface area (Å²) in [6.45, 7) is 2.31. The molecule has 2 amide bonds. The molecule has 3 rings (SSSR count). The van der Waals surface area contributed by atoms with E-state index in [1.54, 1.807) is 25.1 Å². The van der Waals surface area contributed by atoms with E-state index in [-0.39, 0.29) is 11.9 Å². The zero-order valence-corrected chi connectivity index (χ0v) is 12.4. The van der Waals surface area contributed by atoms with Gasteiger partial charge in [0, 0.05) is 18.2 Å². The fraction of sp³-hybridized carbons (Fsp3) is 0.294. The summed E-state index contributed by atoms with van der Waals surface area (Å²) in [5.41, 5.74) is 7.30. The van der Waals surface area contributed by atoms with Gasteiger partial charge in [-0.3, -0.25) is 9.59 Å². The summed E-state index contributed by atoms with van der Waals surface area (Å²) < 4.78 is 5.23. The second-order valence-corrected chi connectivity index (χ2v) is 5.62. The van der Waals surface area contributed by atoms with E-state index in [1.165, 1.54) is 6.26 Å². The number of nitrogens with two attached hydrogens (primary N) is 1. The molecule has 1 aliphatic carbocycles. The number of hydrogen-bond donors (Lipinski definition) is 1. The van der Waals surface area contributed by atoms with Gasteiger partial charge in [0.2, 0.25) is 5.91 Å². The van der Waals surface area contributed by atoms with E-state index in [0.717, 1.165) is 18.4 Å². The highest BCUT2D eigenvalue weighted by Crippen LogP contribution is 2.30. The van der Waals surface area contributed by atoms with Gasteiger partial charge in [0.1, 0.15) is 5.76 Å². The zero-order valence-electron chi connectivity index (χ0n) is 12.4. The summed E-state index contributed by atoms with van der Waals surface area (Å²) in [4.78, 5) is 25.7. The van der Waals surface area contributed by atoms with Gasteiger partial charge >= 0.3 is 0 Å². The first kappa shape index (κ1) is 14.4. The van der Waals surface area contributed by atoms with Crippen LogP contribution in [-0.4, -0.2) is 22.8 Å². The first-order chi connectivity index (χ1) is 10.6. The van der Waals surface area contributed by atoms with Crippen molar-refractivity contribution in [3.05, 3.63) is 59.0 Å². The summed E-state index contributed by atoms with van der Waals surface area (Å²) in [7, 11) is 0. The molecule has 0 bridgehead atoms. The molecule has 114 valence electrons. The molecule has 0 radical (unpaired) electrons. The third kappa shape index (κ3) is 2.88. The molecule has 1 aliphatic rings. The Kier molecular flexibility index (Phi) is 3.71.